The number of nitrogens with zero attached hydrogens (tertiary/aromatic N) is 1. The maximum absolute atomic E-state index is 13.9. The second kappa shape index (κ2) is 4.89. The number of halogens is 1. The van der Waals surface area contributed by atoms with E-state index in [-0.39, 0.29) is 30.6 Å². The smallest absolute Gasteiger partial charge is 0.407 e. The summed E-state index contributed by atoms with van der Waals surface area (Å²) in [6, 6.07) is 4.51. The van der Waals surface area contributed by atoms with E-state index >= 15 is 0 Å². The van der Waals surface area contributed by atoms with Gasteiger partial charge in [0, 0.05) is 18.7 Å². The standard InChI is InChI=1S/C15H18FNO3/c1-9(2)11-5-4-10(6-12(11)16)13(18)15(3)7-17(8-15)14(19)20/h4-6,9H,7-8H2,1-3H3,(H,19,20). The van der Waals surface area contributed by atoms with Gasteiger partial charge in [-0.2, -0.15) is 0 Å². The van der Waals surface area contributed by atoms with Gasteiger partial charge in [-0.3, -0.25) is 4.79 Å². The number of rotatable bonds is 3. The van der Waals surface area contributed by atoms with Crippen LogP contribution in [0.25, 0.3) is 0 Å². The van der Waals surface area contributed by atoms with Gasteiger partial charge in [0.25, 0.3) is 0 Å². The molecule has 1 N–H and O–H groups in total. The largest absolute Gasteiger partial charge is 0.465 e. The van der Waals surface area contributed by atoms with Crippen LogP contribution in [0.1, 0.15) is 42.6 Å². The van der Waals surface area contributed by atoms with Crippen LogP contribution in [0.15, 0.2) is 18.2 Å². The van der Waals surface area contributed by atoms with E-state index in [1.807, 2.05) is 13.8 Å². The zero-order valence-corrected chi connectivity index (χ0v) is 11.8. The van der Waals surface area contributed by atoms with Crippen LogP contribution in [0.5, 0.6) is 0 Å². The van der Waals surface area contributed by atoms with Crippen LogP contribution in [0, 0.1) is 11.2 Å². The molecule has 2 rings (SSSR count). The van der Waals surface area contributed by atoms with Crippen molar-refractivity contribution in [2.45, 2.75) is 26.7 Å². The van der Waals surface area contributed by atoms with Crippen molar-refractivity contribution in [1.29, 1.82) is 0 Å². The molecule has 0 spiro atoms. The molecule has 1 heterocycles. The Morgan fingerprint density at radius 1 is 1.35 bits per heavy atom. The first-order valence-corrected chi connectivity index (χ1v) is 6.57. The first kappa shape index (κ1) is 14.5. The van der Waals surface area contributed by atoms with Gasteiger partial charge >= 0.3 is 6.09 Å². The molecule has 0 radical (unpaired) electrons. The fraction of sp³-hybridized carbons (Fsp3) is 0.467. The minimum atomic E-state index is -1.03. The predicted molar refractivity (Wildman–Crippen MR) is 72.5 cm³/mol. The molecule has 0 aliphatic carbocycles. The van der Waals surface area contributed by atoms with E-state index in [4.69, 9.17) is 5.11 Å². The second-order valence-corrected chi connectivity index (χ2v) is 5.92. The van der Waals surface area contributed by atoms with Crippen LogP contribution in [-0.2, 0) is 0 Å². The maximum Gasteiger partial charge on any atom is 0.407 e. The van der Waals surface area contributed by atoms with Crippen molar-refractivity contribution in [3.8, 4) is 0 Å². The lowest BCUT2D eigenvalue weighted by Crippen LogP contribution is -2.60. The molecule has 1 aliphatic heterocycles. The lowest BCUT2D eigenvalue weighted by molar-refractivity contribution is 0.0236. The number of hydrogen-bond donors (Lipinski definition) is 1. The van der Waals surface area contributed by atoms with Crippen molar-refractivity contribution in [3.05, 3.63) is 35.1 Å². The molecular weight excluding hydrogens is 261 g/mol. The van der Waals surface area contributed by atoms with Crippen molar-refractivity contribution in [2.75, 3.05) is 13.1 Å². The third-order valence-electron chi connectivity index (χ3n) is 3.78. The molecule has 1 amide bonds. The summed E-state index contributed by atoms with van der Waals surface area (Å²) in [5.74, 6) is -0.533. The van der Waals surface area contributed by atoms with E-state index in [1.54, 1.807) is 19.1 Å². The summed E-state index contributed by atoms with van der Waals surface area (Å²) in [5.41, 5.74) is 0.136. The maximum atomic E-state index is 13.9. The number of benzene rings is 1. The number of carbonyl (C=O) groups is 2. The molecule has 1 aromatic rings. The van der Waals surface area contributed by atoms with E-state index in [0.29, 0.717) is 11.1 Å². The Morgan fingerprint density at radius 2 is 1.95 bits per heavy atom. The quantitative estimate of drug-likeness (QED) is 0.865. The first-order chi connectivity index (χ1) is 9.24. The average molecular weight is 279 g/mol. The topological polar surface area (TPSA) is 57.6 Å². The Balaban J connectivity index is 2.19. The molecule has 5 heteroatoms. The van der Waals surface area contributed by atoms with Gasteiger partial charge in [0.15, 0.2) is 5.78 Å². The third-order valence-corrected chi connectivity index (χ3v) is 3.78. The normalized spacial score (nSPS) is 16.9. The van der Waals surface area contributed by atoms with Crippen LogP contribution in [0.3, 0.4) is 0 Å². The van der Waals surface area contributed by atoms with Gasteiger partial charge < -0.3 is 10.0 Å². The highest BCUT2D eigenvalue weighted by Crippen LogP contribution is 2.34. The van der Waals surface area contributed by atoms with Crippen LogP contribution >= 0.6 is 0 Å². The molecule has 1 saturated heterocycles. The van der Waals surface area contributed by atoms with Gasteiger partial charge in [0.2, 0.25) is 0 Å². The molecule has 0 bridgehead atoms. The van der Waals surface area contributed by atoms with Gasteiger partial charge in [-0.1, -0.05) is 26.0 Å². The lowest BCUT2D eigenvalue weighted by Gasteiger charge is -2.45. The fourth-order valence-electron chi connectivity index (χ4n) is 2.56. The Hall–Kier alpha value is -1.91. The molecule has 108 valence electrons. The van der Waals surface area contributed by atoms with Crippen molar-refractivity contribution in [3.63, 3.8) is 0 Å². The summed E-state index contributed by atoms with van der Waals surface area (Å²) in [4.78, 5) is 24.3. The molecular formula is C15H18FNO3. The van der Waals surface area contributed by atoms with E-state index < -0.39 is 11.5 Å². The van der Waals surface area contributed by atoms with Crippen LogP contribution in [-0.4, -0.2) is 35.0 Å². The molecule has 1 fully saturated rings. The highest BCUT2D eigenvalue weighted by molar-refractivity contribution is 6.02. The molecule has 20 heavy (non-hydrogen) atoms. The summed E-state index contributed by atoms with van der Waals surface area (Å²) in [6.07, 6.45) is -1.03. The van der Waals surface area contributed by atoms with Crippen molar-refractivity contribution >= 4 is 11.9 Å². The Morgan fingerprint density at radius 3 is 2.40 bits per heavy atom. The third kappa shape index (κ3) is 2.40. The van der Waals surface area contributed by atoms with Crippen LogP contribution in [0.4, 0.5) is 9.18 Å². The minimum Gasteiger partial charge on any atom is -0.465 e. The van der Waals surface area contributed by atoms with Crippen LogP contribution < -0.4 is 0 Å². The van der Waals surface area contributed by atoms with E-state index in [9.17, 15) is 14.0 Å². The number of carbonyl (C=O) groups excluding carboxylic acids is 1. The zero-order valence-electron chi connectivity index (χ0n) is 11.8. The molecule has 1 aliphatic rings. The van der Waals surface area contributed by atoms with Crippen molar-refractivity contribution < 1.29 is 19.1 Å². The molecule has 0 saturated carbocycles. The monoisotopic (exact) mass is 279 g/mol. The summed E-state index contributed by atoms with van der Waals surface area (Å²) in [7, 11) is 0. The van der Waals surface area contributed by atoms with Gasteiger partial charge in [0.1, 0.15) is 5.82 Å². The van der Waals surface area contributed by atoms with Crippen LogP contribution in [0.2, 0.25) is 0 Å². The summed E-state index contributed by atoms with van der Waals surface area (Å²) in [6.45, 7) is 5.81. The van der Waals surface area contributed by atoms with Gasteiger partial charge in [-0.15, -0.1) is 0 Å². The molecule has 0 unspecified atom stereocenters. The minimum absolute atomic E-state index is 0.0564. The second-order valence-electron chi connectivity index (χ2n) is 5.92. The molecule has 0 aromatic heterocycles. The first-order valence-electron chi connectivity index (χ1n) is 6.57. The number of carboxylic acid groups (broad SMARTS) is 1. The Labute approximate surface area is 117 Å². The Bertz CT molecular complexity index is 562. The summed E-state index contributed by atoms with van der Waals surface area (Å²) in [5, 5.41) is 8.81. The summed E-state index contributed by atoms with van der Waals surface area (Å²) >= 11 is 0. The molecule has 4 nitrogen and oxygen atoms in total. The zero-order chi connectivity index (χ0) is 15.1. The van der Waals surface area contributed by atoms with Crippen molar-refractivity contribution in [2.24, 2.45) is 5.41 Å². The number of amides is 1. The van der Waals surface area contributed by atoms with Crippen molar-refractivity contribution in [1.82, 2.24) is 4.90 Å². The number of hydrogen-bond acceptors (Lipinski definition) is 2. The van der Waals surface area contributed by atoms with Gasteiger partial charge in [0.05, 0.1) is 5.41 Å². The highest BCUT2D eigenvalue weighted by atomic mass is 19.1. The predicted octanol–water partition coefficient (Wildman–Crippen LogP) is 3.13. The van der Waals surface area contributed by atoms with Gasteiger partial charge in [-0.25, -0.2) is 9.18 Å². The number of ketones is 1. The lowest BCUT2D eigenvalue weighted by atomic mass is 9.75. The van der Waals surface area contributed by atoms with E-state index in [0.717, 1.165) is 0 Å². The fourth-order valence-corrected chi connectivity index (χ4v) is 2.56. The highest BCUT2D eigenvalue weighted by Gasteiger charge is 2.47. The molecule has 1 aromatic carbocycles. The summed E-state index contributed by atoms with van der Waals surface area (Å²) < 4.78 is 13.9. The average Bonchev–Trinajstić information content (AvgIpc) is 2.33. The SMILES string of the molecule is CC(C)c1ccc(C(=O)C2(C)CN(C(=O)O)C2)cc1F. The van der Waals surface area contributed by atoms with Gasteiger partial charge in [-0.05, 0) is 24.5 Å². The Kier molecular flexibility index (Phi) is 3.54. The van der Waals surface area contributed by atoms with E-state index in [2.05, 4.69) is 0 Å². The van der Waals surface area contributed by atoms with E-state index in [1.165, 1.54) is 11.0 Å². The molecule has 0 atom stereocenters. The number of likely N-dealkylation sites (tertiary alicyclic amines) is 1. The number of Topliss-reactive ketones (excluding diaryl/α,β-unsaturated/α-hetero) is 1.